The summed E-state index contributed by atoms with van der Waals surface area (Å²) in [6, 6.07) is 0. The number of aromatic nitrogens is 1. The van der Waals surface area contributed by atoms with Crippen LogP contribution < -0.4 is 10.6 Å². The number of carbonyl (C=O) groups excluding carboxylic acids is 2. The van der Waals surface area contributed by atoms with Crippen LogP contribution in [0.4, 0.5) is 0 Å². The zero-order valence-electron chi connectivity index (χ0n) is 11.2. The lowest BCUT2D eigenvalue weighted by Gasteiger charge is -2.11. The van der Waals surface area contributed by atoms with Crippen LogP contribution in [0.15, 0.2) is 17.4 Å². The van der Waals surface area contributed by atoms with Crippen LogP contribution in [0.25, 0.3) is 12.2 Å². The van der Waals surface area contributed by atoms with Crippen molar-refractivity contribution in [3.8, 4) is 0 Å². The summed E-state index contributed by atoms with van der Waals surface area (Å²) in [6.45, 7) is 2.10. The molecule has 0 fully saturated rings. The summed E-state index contributed by atoms with van der Waals surface area (Å²) >= 11 is 0. The monoisotopic (exact) mass is 271 g/mol. The van der Waals surface area contributed by atoms with Crippen molar-refractivity contribution in [3.05, 3.63) is 34.1 Å². The first kappa shape index (κ1) is 12.5. The number of esters is 1. The standard InChI is InChI=1S/C14H13N3O3/c1-3-20-14(19)8-4-5-11-9(6-8)12-10(7-15-11)13(18)17(2)16-12/h4-8H,3H2,1-2H3. The highest BCUT2D eigenvalue weighted by Crippen LogP contribution is 2.12. The van der Waals surface area contributed by atoms with Crippen LogP contribution in [0.1, 0.15) is 23.0 Å². The van der Waals surface area contributed by atoms with Crippen molar-refractivity contribution < 1.29 is 14.3 Å². The van der Waals surface area contributed by atoms with E-state index >= 15 is 0 Å². The molecule has 1 aliphatic heterocycles. The second-order valence-corrected chi connectivity index (χ2v) is 4.55. The molecule has 1 atom stereocenters. The van der Waals surface area contributed by atoms with Crippen molar-refractivity contribution in [2.24, 2.45) is 11.0 Å². The van der Waals surface area contributed by atoms with E-state index in [1.165, 1.54) is 11.2 Å². The highest BCUT2D eigenvalue weighted by molar-refractivity contribution is 5.95. The minimum atomic E-state index is -0.466. The third kappa shape index (κ3) is 1.80. The van der Waals surface area contributed by atoms with Crippen molar-refractivity contribution in [1.29, 1.82) is 0 Å². The maximum atomic E-state index is 11.9. The second-order valence-electron chi connectivity index (χ2n) is 4.55. The minimum absolute atomic E-state index is 0.189. The van der Waals surface area contributed by atoms with Gasteiger partial charge in [0.05, 0.1) is 23.8 Å². The van der Waals surface area contributed by atoms with E-state index in [-0.39, 0.29) is 11.9 Å². The maximum Gasteiger partial charge on any atom is 0.316 e. The number of amides is 1. The van der Waals surface area contributed by atoms with Gasteiger partial charge in [0, 0.05) is 18.5 Å². The summed E-state index contributed by atoms with van der Waals surface area (Å²) in [7, 11) is 1.59. The van der Waals surface area contributed by atoms with Crippen molar-refractivity contribution >= 4 is 24.0 Å². The normalized spacial score (nSPS) is 19.0. The maximum absolute atomic E-state index is 11.9. The van der Waals surface area contributed by atoms with Crippen LogP contribution in [-0.4, -0.2) is 35.5 Å². The summed E-state index contributed by atoms with van der Waals surface area (Å²) in [5.74, 6) is -0.970. The molecule has 1 aromatic heterocycles. The Morgan fingerprint density at radius 2 is 2.30 bits per heavy atom. The molecule has 2 heterocycles. The number of carbonyl (C=O) groups is 2. The fraction of sp³-hybridized carbons (Fsp3) is 0.286. The van der Waals surface area contributed by atoms with Gasteiger partial charge in [0.2, 0.25) is 0 Å². The number of nitrogens with zero attached hydrogens (tertiary/aromatic N) is 3. The van der Waals surface area contributed by atoms with Gasteiger partial charge in [-0.2, -0.15) is 5.10 Å². The molecule has 20 heavy (non-hydrogen) atoms. The van der Waals surface area contributed by atoms with Crippen LogP contribution in [0.3, 0.4) is 0 Å². The SMILES string of the molecule is CCOC(=O)C1C=Cc2ncc3c(c2=C1)=NN(C)C3=O. The van der Waals surface area contributed by atoms with Gasteiger partial charge in [0.25, 0.3) is 5.91 Å². The van der Waals surface area contributed by atoms with E-state index in [0.717, 1.165) is 0 Å². The molecule has 1 unspecified atom stereocenters. The summed E-state index contributed by atoms with van der Waals surface area (Å²) in [5.41, 5.74) is 1.16. The molecule has 0 aromatic carbocycles. The molecule has 6 heteroatoms. The molecular weight excluding hydrogens is 258 g/mol. The molecule has 2 aliphatic rings. The van der Waals surface area contributed by atoms with Gasteiger partial charge in [-0.15, -0.1) is 0 Å². The third-order valence-corrected chi connectivity index (χ3v) is 3.26. The smallest absolute Gasteiger partial charge is 0.316 e. The van der Waals surface area contributed by atoms with Crippen LogP contribution in [0.5, 0.6) is 0 Å². The first-order valence-corrected chi connectivity index (χ1v) is 6.34. The Morgan fingerprint density at radius 3 is 3.05 bits per heavy atom. The highest BCUT2D eigenvalue weighted by Gasteiger charge is 2.24. The van der Waals surface area contributed by atoms with Crippen molar-refractivity contribution in [2.45, 2.75) is 6.92 Å². The van der Waals surface area contributed by atoms with Crippen molar-refractivity contribution in [3.63, 3.8) is 0 Å². The average Bonchev–Trinajstić information content (AvgIpc) is 2.74. The van der Waals surface area contributed by atoms with Crippen LogP contribution >= 0.6 is 0 Å². The molecule has 102 valence electrons. The van der Waals surface area contributed by atoms with Crippen LogP contribution in [0.2, 0.25) is 0 Å². The number of rotatable bonds is 2. The van der Waals surface area contributed by atoms with Crippen LogP contribution in [-0.2, 0) is 9.53 Å². The first-order valence-electron chi connectivity index (χ1n) is 6.34. The summed E-state index contributed by atoms with van der Waals surface area (Å²) < 4.78 is 5.01. The van der Waals surface area contributed by atoms with Gasteiger partial charge >= 0.3 is 5.97 Å². The van der Waals surface area contributed by atoms with Gasteiger partial charge in [-0.3, -0.25) is 14.6 Å². The van der Waals surface area contributed by atoms with E-state index < -0.39 is 5.92 Å². The van der Waals surface area contributed by atoms with E-state index in [4.69, 9.17) is 4.74 Å². The molecule has 0 radical (unpaired) electrons. The number of fused-ring (bicyclic) bond motifs is 3. The molecular formula is C14H13N3O3. The number of hydrogen-bond acceptors (Lipinski definition) is 5. The topological polar surface area (TPSA) is 71.9 Å². The first-order chi connectivity index (χ1) is 9.61. The zero-order chi connectivity index (χ0) is 14.3. The highest BCUT2D eigenvalue weighted by atomic mass is 16.5. The lowest BCUT2D eigenvalue weighted by Crippen LogP contribution is -2.34. The lowest BCUT2D eigenvalue weighted by molar-refractivity contribution is -0.144. The Morgan fingerprint density at radius 1 is 1.50 bits per heavy atom. The molecule has 6 nitrogen and oxygen atoms in total. The second kappa shape index (κ2) is 4.56. The third-order valence-electron chi connectivity index (χ3n) is 3.26. The molecule has 0 bridgehead atoms. The average molecular weight is 271 g/mol. The molecule has 3 rings (SSSR count). The van der Waals surface area contributed by atoms with E-state index in [0.29, 0.717) is 28.4 Å². The zero-order valence-corrected chi connectivity index (χ0v) is 11.2. The van der Waals surface area contributed by atoms with Gasteiger partial charge < -0.3 is 4.74 Å². The van der Waals surface area contributed by atoms with E-state index in [9.17, 15) is 9.59 Å². The number of hydrogen-bond donors (Lipinski definition) is 0. The summed E-state index contributed by atoms with van der Waals surface area (Å²) in [6.07, 6.45) is 6.76. The van der Waals surface area contributed by atoms with Gasteiger partial charge in [0.1, 0.15) is 5.36 Å². The van der Waals surface area contributed by atoms with E-state index in [1.807, 2.05) is 0 Å². The van der Waals surface area contributed by atoms with Gasteiger partial charge in [-0.25, -0.2) is 5.01 Å². The van der Waals surface area contributed by atoms with Crippen LogP contribution in [0, 0.1) is 5.92 Å². The molecule has 1 aromatic rings. The molecule has 1 aliphatic carbocycles. The molecule has 0 saturated heterocycles. The van der Waals surface area contributed by atoms with E-state index in [2.05, 4.69) is 10.1 Å². The summed E-state index contributed by atoms with van der Waals surface area (Å²) in [4.78, 5) is 27.9. The Bertz CT molecular complexity index is 752. The number of ether oxygens (including phenoxy) is 1. The van der Waals surface area contributed by atoms with E-state index in [1.54, 1.807) is 32.2 Å². The predicted molar refractivity (Wildman–Crippen MR) is 70.7 cm³/mol. The Balaban J connectivity index is 2.16. The molecule has 0 N–H and O–H groups in total. The quantitative estimate of drug-likeness (QED) is 0.692. The lowest BCUT2D eigenvalue weighted by atomic mass is 10.00. The fourth-order valence-electron chi connectivity index (χ4n) is 2.28. The Kier molecular flexibility index (Phi) is 2.85. The largest absolute Gasteiger partial charge is 0.465 e. The predicted octanol–water partition coefficient (Wildman–Crippen LogP) is -0.312. The van der Waals surface area contributed by atoms with Crippen molar-refractivity contribution in [2.75, 3.05) is 13.7 Å². The minimum Gasteiger partial charge on any atom is -0.465 e. The van der Waals surface area contributed by atoms with Crippen molar-refractivity contribution in [1.82, 2.24) is 9.99 Å². The molecule has 0 spiro atoms. The number of pyridine rings is 1. The Labute approximate surface area is 115 Å². The fourth-order valence-corrected chi connectivity index (χ4v) is 2.28. The summed E-state index contributed by atoms with van der Waals surface area (Å²) in [5, 5.41) is 6.77. The van der Waals surface area contributed by atoms with Gasteiger partial charge in [-0.1, -0.05) is 12.2 Å². The van der Waals surface area contributed by atoms with Gasteiger partial charge in [0.15, 0.2) is 0 Å². The molecule has 0 saturated carbocycles. The molecule has 1 amide bonds. The van der Waals surface area contributed by atoms with Gasteiger partial charge in [-0.05, 0) is 13.0 Å². The Hall–Kier alpha value is -2.50.